The number of carbonyl (C=O) groups is 2. The molecule has 1 saturated heterocycles. The summed E-state index contributed by atoms with van der Waals surface area (Å²) in [5, 5.41) is 2.69. The van der Waals surface area contributed by atoms with Crippen molar-refractivity contribution in [2.75, 3.05) is 26.2 Å². The first kappa shape index (κ1) is 13.3. The molecule has 2 amide bonds. The van der Waals surface area contributed by atoms with Gasteiger partial charge >= 0.3 is 0 Å². The zero-order valence-electron chi connectivity index (χ0n) is 10.4. The van der Waals surface area contributed by atoms with Gasteiger partial charge < -0.3 is 15.0 Å². The minimum absolute atomic E-state index is 0.0543. The zero-order valence-corrected chi connectivity index (χ0v) is 10.4. The van der Waals surface area contributed by atoms with Crippen molar-refractivity contribution in [3.63, 3.8) is 0 Å². The molecule has 1 aliphatic heterocycles. The Morgan fingerprint density at radius 1 is 1.42 bits per heavy atom. The van der Waals surface area contributed by atoms with Crippen molar-refractivity contribution in [1.29, 1.82) is 0 Å². The van der Waals surface area contributed by atoms with E-state index in [9.17, 15) is 14.0 Å². The molecule has 0 saturated carbocycles. The van der Waals surface area contributed by atoms with Gasteiger partial charge in [0.15, 0.2) is 6.61 Å². The minimum atomic E-state index is -0.408. The molecule has 1 N–H and O–H groups in total. The number of amides is 2. The summed E-state index contributed by atoms with van der Waals surface area (Å²) in [6.07, 6.45) is 0.297. The quantitative estimate of drug-likeness (QED) is 0.869. The third-order valence-electron chi connectivity index (χ3n) is 2.82. The van der Waals surface area contributed by atoms with Gasteiger partial charge in [-0.2, -0.15) is 0 Å². The molecule has 1 aromatic carbocycles. The lowest BCUT2D eigenvalue weighted by molar-refractivity contribution is -0.133. The van der Waals surface area contributed by atoms with Crippen LogP contribution < -0.4 is 10.1 Å². The molecule has 0 bridgehead atoms. The fourth-order valence-corrected chi connectivity index (χ4v) is 1.81. The Kier molecular flexibility index (Phi) is 4.33. The molecule has 1 fully saturated rings. The SMILES string of the molecule is O=C1CCN(C(=O)COc2cccc(F)c2)CCN1. The number of nitrogens with zero attached hydrogens (tertiary/aromatic N) is 1. The average molecular weight is 266 g/mol. The number of ether oxygens (including phenoxy) is 1. The molecule has 2 rings (SSSR count). The summed E-state index contributed by atoms with van der Waals surface area (Å²) in [7, 11) is 0. The first-order valence-corrected chi connectivity index (χ1v) is 6.08. The van der Waals surface area contributed by atoms with Crippen LogP contribution >= 0.6 is 0 Å². The highest BCUT2D eigenvalue weighted by Crippen LogP contribution is 2.12. The van der Waals surface area contributed by atoms with Gasteiger partial charge in [0.2, 0.25) is 5.91 Å². The molecule has 0 spiro atoms. The van der Waals surface area contributed by atoms with Gasteiger partial charge in [0, 0.05) is 32.1 Å². The Hall–Kier alpha value is -2.11. The molecule has 1 aromatic rings. The van der Waals surface area contributed by atoms with Crippen LogP contribution in [0.3, 0.4) is 0 Å². The van der Waals surface area contributed by atoms with Gasteiger partial charge in [0.25, 0.3) is 5.91 Å². The van der Waals surface area contributed by atoms with E-state index in [1.54, 1.807) is 11.0 Å². The molecule has 6 heteroatoms. The lowest BCUT2D eigenvalue weighted by Gasteiger charge is -2.19. The van der Waals surface area contributed by atoms with E-state index >= 15 is 0 Å². The Morgan fingerprint density at radius 2 is 2.26 bits per heavy atom. The van der Waals surface area contributed by atoms with E-state index in [4.69, 9.17) is 4.74 Å². The molecule has 102 valence electrons. The summed E-state index contributed by atoms with van der Waals surface area (Å²) in [6.45, 7) is 1.15. The van der Waals surface area contributed by atoms with Crippen molar-refractivity contribution in [3.05, 3.63) is 30.1 Å². The summed E-state index contributed by atoms with van der Waals surface area (Å²) in [6, 6.07) is 5.63. The number of nitrogens with one attached hydrogen (secondary N) is 1. The molecule has 0 aromatic heterocycles. The first-order valence-electron chi connectivity index (χ1n) is 6.08. The Labute approximate surface area is 110 Å². The second-order valence-corrected chi connectivity index (χ2v) is 4.23. The molecule has 0 unspecified atom stereocenters. The molecule has 19 heavy (non-hydrogen) atoms. The molecule has 0 aliphatic carbocycles. The van der Waals surface area contributed by atoms with E-state index in [0.29, 0.717) is 31.8 Å². The van der Waals surface area contributed by atoms with Crippen LogP contribution in [0.1, 0.15) is 6.42 Å². The van der Waals surface area contributed by atoms with Gasteiger partial charge in [-0.05, 0) is 12.1 Å². The summed E-state index contributed by atoms with van der Waals surface area (Å²) < 4.78 is 18.2. The predicted molar refractivity (Wildman–Crippen MR) is 66.1 cm³/mol. The van der Waals surface area contributed by atoms with Crippen LogP contribution in [0.15, 0.2) is 24.3 Å². The van der Waals surface area contributed by atoms with Crippen molar-refractivity contribution in [1.82, 2.24) is 10.2 Å². The lowest BCUT2D eigenvalue weighted by Crippen LogP contribution is -2.37. The summed E-state index contributed by atoms with van der Waals surface area (Å²) in [5.41, 5.74) is 0. The zero-order chi connectivity index (χ0) is 13.7. The second-order valence-electron chi connectivity index (χ2n) is 4.23. The third kappa shape index (κ3) is 3.94. The van der Waals surface area contributed by atoms with Crippen LogP contribution in [0, 0.1) is 5.82 Å². The van der Waals surface area contributed by atoms with Gasteiger partial charge in [0.1, 0.15) is 11.6 Å². The lowest BCUT2D eigenvalue weighted by atomic mass is 10.3. The molecule has 0 radical (unpaired) electrons. The Morgan fingerprint density at radius 3 is 3.05 bits per heavy atom. The van der Waals surface area contributed by atoms with Crippen molar-refractivity contribution < 1.29 is 18.7 Å². The highest BCUT2D eigenvalue weighted by molar-refractivity contribution is 5.80. The summed E-state index contributed by atoms with van der Waals surface area (Å²) in [5.74, 6) is -0.353. The van der Waals surface area contributed by atoms with Crippen LogP contribution in [-0.2, 0) is 9.59 Å². The van der Waals surface area contributed by atoms with Crippen LogP contribution in [0.2, 0.25) is 0 Å². The number of carbonyl (C=O) groups excluding carboxylic acids is 2. The van der Waals surface area contributed by atoms with E-state index in [0.717, 1.165) is 0 Å². The average Bonchev–Trinajstić information content (AvgIpc) is 2.61. The molecular formula is C13H15FN2O3. The highest BCUT2D eigenvalue weighted by Gasteiger charge is 2.18. The molecule has 1 heterocycles. The normalized spacial score (nSPS) is 15.6. The van der Waals surface area contributed by atoms with Gasteiger partial charge in [-0.3, -0.25) is 9.59 Å². The van der Waals surface area contributed by atoms with Gasteiger partial charge in [0.05, 0.1) is 0 Å². The Bertz CT molecular complexity index is 479. The van der Waals surface area contributed by atoms with Gasteiger partial charge in [-0.1, -0.05) is 6.07 Å². The standard InChI is InChI=1S/C13H15FN2O3/c14-10-2-1-3-11(8-10)19-9-13(18)16-6-4-12(17)15-5-7-16/h1-3,8H,4-7,9H2,(H,15,17). The number of halogens is 1. The fourth-order valence-electron chi connectivity index (χ4n) is 1.81. The van der Waals surface area contributed by atoms with E-state index in [2.05, 4.69) is 5.32 Å². The number of hydrogen-bond acceptors (Lipinski definition) is 3. The maximum Gasteiger partial charge on any atom is 0.260 e. The smallest absolute Gasteiger partial charge is 0.260 e. The van der Waals surface area contributed by atoms with Gasteiger partial charge in [-0.15, -0.1) is 0 Å². The highest BCUT2D eigenvalue weighted by atomic mass is 19.1. The van der Waals surface area contributed by atoms with Crippen molar-refractivity contribution in [3.8, 4) is 5.75 Å². The number of rotatable bonds is 3. The first-order chi connectivity index (χ1) is 9.15. The minimum Gasteiger partial charge on any atom is -0.484 e. The van der Waals surface area contributed by atoms with Crippen LogP contribution in [0.4, 0.5) is 4.39 Å². The van der Waals surface area contributed by atoms with Crippen LogP contribution in [-0.4, -0.2) is 43.0 Å². The van der Waals surface area contributed by atoms with E-state index < -0.39 is 5.82 Å². The molecule has 1 aliphatic rings. The third-order valence-corrected chi connectivity index (χ3v) is 2.82. The van der Waals surface area contributed by atoms with E-state index in [1.165, 1.54) is 18.2 Å². The molecule has 5 nitrogen and oxygen atoms in total. The van der Waals surface area contributed by atoms with E-state index in [1.807, 2.05) is 0 Å². The van der Waals surface area contributed by atoms with Crippen molar-refractivity contribution >= 4 is 11.8 Å². The fraction of sp³-hybridized carbons (Fsp3) is 0.385. The number of hydrogen-bond donors (Lipinski definition) is 1. The molecular weight excluding hydrogens is 251 g/mol. The second kappa shape index (κ2) is 6.17. The topological polar surface area (TPSA) is 58.6 Å². The summed E-state index contributed by atoms with van der Waals surface area (Å²) >= 11 is 0. The summed E-state index contributed by atoms with van der Waals surface area (Å²) in [4.78, 5) is 24.6. The van der Waals surface area contributed by atoms with Gasteiger partial charge in [-0.25, -0.2) is 4.39 Å². The maximum atomic E-state index is 12.9. The largest absolute Gasteiger partial charge is 0.484 e. The van der Waals surface area contributed by atoms with Crippen molar-refractivity contribution in [2.24, 2.45) is 0 Å². The maximum absolute atomic E-state index is 12.9. The monoisotopic (exact) mass is 266 g/mol. The number of benzene rings is 1. The molecule has 0 atom stereocenters. The predicted octanol–water partition coefficient (Wildman–Crippen LogP) is 0.553. The van der Waals surface area contributed by atoms with Crippen LogP contribution in [0.25, 0.3) is 0 Å². The van der Waals surface area contributed by atoms with E-state index in [-0.39, 0.29) is 18.4 Å². The van der Waals surface area contributed by atoms with Crippen LogP contribution in [0.5, 0.6) is 5.75 Å². The van der Waals surface area contributed by atoms with Crippen molar-refractivity contribution in [2.45, 2.75) is 6.42 Å². The Balaban J connectivity index is 1.85.